The highest BCUT2D eigenvalue weighted by atomic mass is 16.4. The van der Waals surface area contributed by atoms with Crippen molar-refractivity contribution in [1.29, 1.82) is 0 Å². The van der Waals surface area contributed by atoms with E-state index in [0.717, 1.165) is 16.8 Å². The summed E-state index contributed by atoms with van der Waals surface area (Å²) >= 11 is 0. The summed E-state index contributed by atoms with van der Waals surface area (Å²) < 4.78 is 0. The largest absolute Gasteiger partial charge is 0.478 e. The minimum atomic E-state index is -0.966. The van der Waals surface area contributed by atoms with Crippen LogP contribution in [0.25, 0.3) is 11.3 Å². The Balaban J connectivity index is 2.51. The maximum absolute atomic E-state index is 10.9. The molecule has 0 spiro atoms. The predicted octanol–water partition coefficient (Wildman–Crippen LogP) is 2.25. The topological polar surface area (TPSA) is 70.4 Å². The van der Waals surface area contributed by atoms with E-state index in [1.807, 2.05) is 6.92 Å². The molecule has 1 aromatic carbocycles. The number of aryl methyl sites for hydroxylation is 1. The van der Waals surface area contributed by atoms with Gasteiger partial charge in [0.05, 0.1) is 17.9 Å². The highest BCUT2D eigenvalue weighted by Crippen LogP contribution is 2.20. The van der Waals surface area contributed by atoms with Gasteiger partial charge in [0.2, 0.25) is 0 Å². The minimum absolute atomic E-state index is 0.0605. The van der Waals surface area contributed by atoms with Gasteiger partial charge in [-0.15, -0.1) is 0 Å². The molecule has 0 atom stereocenters. The van der Waals surface area contributed by atoms with E-state index in [1.54, 1.807) is 30.3 Å². The SMILES string of the molecule is Cc1cc(CO)cc(-c2cccc(C(=O)O)c2)n1. The molecule has 0 fully saturated rings. The molecule has 0 aliphatic heterocycles. The number of aliphatic hydroxyl groups excluding tert-OH is 1. The van der Waals surface area contributed by atoms with Gasteiger partial charge in [-0.2, -0.15) is 0 Å². The van der Waals surface area contributed by atoms with Crippen molar-refractivity contribution in [1.82, 2.24) is 4.98 Å². The van der Waals surface area contributed by atoms with Crippen LogP contribution >= 0.6 is 0 Å². The number of carbonyl (C=O) groups is 1. The van der Waals surface area contributed by atoms with Gasteiger partial charge in [0.1, 0.15) is 0 Å². The van der Waals surface area contributed by atoms with Gasteiger partial charge in [-0.3, -0.25) is 4.98 Å². The average Bonchev–Trinajstić information content (AvgIpc) is 2.38. The number of aromatic nitrogens is 1. The van der Waals surface area contributed by atoms with E-state index in [0.29, 0.717) is 5.69 Å². The third-order valence-corrected chi connectivity index (χ3v) is 2.60. The first kappa shape index (κ1) is 12.3. The third-order valence-electron chi connectivity index (χ3n) is 2.60. The van der Waals surface area contributed by atoms with Crippen molar-refractivity contribution in [2.45, 2.75) is 13.5 Å². The zero-order valence-corrected chi connectivity index (χ0v) is 9.92. The van der Waals surface area contributed by atoms with Crippen molar-refractivity contribution in [2.75, 3.05) is 0 Å². The molecule has 0 amide bonds. The summed E-state index contributed by atoms with van der Waals surface area (Å²) in [6, 6.07) is 10.1. The van der Waals surface area contributed by atoms with Crippen LogP contribution in [0.1, 0.15) is 21.6 Å². The zero-order chi connectivity index (χ0) is 13.1. The van der Waals surface area contributed by atoms with Gasteiger partial charge in [-0.1, -0.05) is 12.1 Å². The lowest BCUT2D eigenvalue weighted by Crippen LogP contribution is -1.97. The molecule has 2 aromatic rings. The van der Waals surface area contributed by atoms with Crippen molar-refractivity contribution in [3.63, 3.8) is 0 Å². The number of nitrogens with zero attached hydrogens (tertiary/aromatic N) is 1. The summed E-state index contributed by atoms with van der Waals surface area (Å²) in [5, 5.41) is 18.1. The monoisotopic (exact) mass is 243 g/mol. The molecule has 2 N–H and O–H groups in total. The summed E-state index contributed by atoms with van der Waals surface area (Å²) in [4.78, 5) is 15.3. The van der Waals surface area contributed by atoms with E-state index in [-0.39, 0.29) is 12.2 Å². The van der Waals surface area contributed by atoms with E-state index in [9.17, 15) is 4.79 Å². The van der Waals surface area contributed by atoms with E-state index < -0.39 is 5.97 Å². The van der Waals surface area contributed by atoms with Crippen LogP contribution < -0.4 is 0 Å². The second kappa shape index (κ2) is 4.98. The van der Waals surface area contributed by atoms with Crippen molar-refractivity contribution in [2.24, 2.45) is 0 Å². The standard InChI is InChI=1S/C14H13NO3/c1-9-5-10(8-16)6-13(15-9)11-3-2-4-12(7-11)14(17)18/h2-7,16H,8H2,1H3,(H,17,18). The summed E-state index contributed by atoms with van der Waals surface area (Å²) in [5.74, 6) is -0.966. The molecule has 4 nitrogen and oxygen atoms in total. The van der Waals surface area contributed by atoms with Crippen molar-refractivity contribution in [3.05, 3.63) is 53.2 Å². The van der Waals surface area contributed by atoms with Crippen molar-refractivity contribution in [3.8, 4) is 11.3 Å². The van der Waals surface area contributed by atoms with Crippen LogP contribution in [0.5, 0.6) is 0 Å². The number of hydrogen-bond acceptors (Lipinski definition) is 3. The molecule has 92 valence electrons. The Morgan fingerprint density at radius 2 is 2.06 bits per heavy atom. The Kier molecular flexibility index (Phi) is 3.39. The Labute approximate surface area is 105 Å². The van der Waals surface area contributed by atoms with Crippen LogP contribution in [0, 0.1) is 6.92 Å². The van der Waals surface area contributed by atoms with Crippen LogP contribution in [0.15, 0.2) is 36.4 Å². The molecular weight excluding hydrogens is 230 g/mol. The lowest BCUT2D eigenvalue weighted by atomic mass is 10.1. The number of rotatable bonds is 3. The molecule has 18 heavy (non-hydrogen) atoms. The molecule has 0 bridgehead atoms. The minimum Gasteiger partial charge on any atom is -0.478 e. The number of carboxylic acid groups (broad SMARTS) is 1. The lowest BCUT2D eigenvalue weighted by molar-refractivity contribution is 0.0697. The summed E-state index contributed by atoms with van der Waals surface area (Å²) in [7, 11) is 0. The highest BCUT2D eigenvalue weighted by Gasteiger charge is 2.07. The molecule has 0 saturated heterocycles. The normalized spacial score (nSPS) is 10.3. The van der Waals surface area contributed by atoms with Crippen LogP contribution in [-0.4, -0.2) is 21.2 Å². The fraction of sp³-hybridized carbons (Fsp3) is 0.143. The van der Waals surface area contributed by atoms with Gasteiger partial charge < -0.3 is 10.2 Å². The molecule has 2 rings (SSSR count). The van der Waals surface area contributed by atoms with Crippen LogP contribution in [-0.2, 0) is 6.61 Å². The number of pyridine rings is 1. The maximum atomic E-state index is 10.9. The third kappa shape index (κ3) is 2.55. The number of carboxylic acids is 1. The lowest BCUT2D eigenvalue weighted by Gasteiger charge is -2.06. The molecule has 4 heteroatoms. The molecule has 0 saturated carbocycles. The smallest absolute Gasteiger partial charge is 0.335 e. The van der Waals surface area contributed by atoms with Crippen molar-refractivity contribution < 1.29 is 15.0 Å². The van der Waals surface area contributed by atoms with E-state index in [4.69, 9.17) is 10.2 Å². The van der Waals surface area contributed by atoms with Gasteiger partial charge in [0, 0.05) is 11.3 Å². The Bertz CT molecular complexity index is 593. The van der Waals surface area contributed by atoms with Gasteiger partial charge >= 0.3 is 5.97 Å². The summed E-state index contributed by atoms with van der Waals surface area (Å²) in [5.41, 5.74) is 3.17. The first-order valence-corrected chi connectivity index (χ1v) is 5.52. The quantitative estimate of drug-likeness (QED) is 0.867. The fourth-order valence-electron chi connectivity index (χ4n) is 1.79. The number of benzene rings is 1. The van der Waals surface area contributed by atoms with Gasteiger partial charge in [0.25, 0.3) is 0 Å². The first-order chi connectivity index (χ1) is 8.60. The maximum Gasteiger partial charge on any atom is 0.335 e. The van der Waals surface area contributed by atoms with Crippen LogP contribution in [0.3, 0.4) is 0 Å². The summed E-state index contributed by atoms with van der Waals surface area (Å²) in [6.45, 7) is 1.78. The molecular formula is C14H13NO3. The molecule has 1 heterocycles. The highest BCUT2D eigenvalue weighted by molar-refractivity contribution is 5.89. The van der Waals surface area contributed by atoms with Crippen LogP contribution in [0.4, 0.5) is 0 Å². The number of hydrogen-bond donors (Lipinski definition) is 2. The van der Waals surface area contributed by atoms with Crippen molar-refractivity contribution >= 4 is 5.97 Å². The second-order valence-corrected chi connectivity index (χ2v) is 4.05. The van der Waals surface area contributed by atoms with Gasteiger partial charge in [-0.05, 0) is 36.8 Å². The van der Waals surface area contributed by atoms with E-state index >= 15 is 0 Å². The summed E-state index contributed by atoms with van der Waals surface area (Å²) in [6.07, 6.45) is 0. The Morgan fingerprint density at radius 3 is 2.72 bits per heavy atom. The molecule has 1 aromatic heterocycles. The predicted molar refractivity (Wildman–Crippen MR) is 67.3 cm³/mol. The van der Waals surface area contributed by atoms with Crippen LogP contribution in [0.2, 0.25) is 0 Å². The molecule has 0 unspecified atom stereocenters. The van der Waals surface area contributed by atoms with Gasteiger partial charge in [0.15, 0.2) is 0 Å². The van der Waals surface area contributed by atoms with E-state index in [1.165, 1.54) is 6.07 Å². The Morgan fingerprint density at radius 1 is 1.28 bits per heavy atom. The number of aromatic carboxylic acids is 1. The number of aliphatic hydroxyl groups is 1. The molecule has 0 aliphatic carbocycles. The average molecular weight is 243 g/mol. The second-order valence-electron chi connectivity index (χ2n) is 4.05. The Hall–Kier alpha value is -2.20. The van der Waals surface area contributed by atoms with E-state index in [2.05, 4.69) is 4.98 Å². The first-order valence-electron chi connectivity index (χ1n) is 5.52. The molecule has 0 radical (unpaired) electrons. The van der Waals surface area contributed by atoms with Gasteiger partial charge in [-0.25, -0.2) is 4.79 Å². The molecule has 0 aliphatic rings. The zero-order valence-electron chi connectivity index (χ0n) is 9.92. The fourth-order valence-corrected chi connectivity index (χ4v) is 1.79.